The number of carboxylic acids is 1. The Morgan fingerprint density at radius 1 is 1.14 bits per heavy atom. The molecule has 0 aliphatic carbocycles. The van der Waals surface area contributed by atoms with Crippen molar-refractivity contribution in [3.63, 3.8) is 0 Å². The molecule has 2 aromatic carbocycles. The van der Waals surface area contributed by atoms with E-state index in [-0.39, 0.29) is 43.0 Å². The summed E-state index contributed by atoms with van der Waals surface area (Å²) in [5, 5.41) is 17.8. The summed E-state index contributed by atoms with van der Waals surface area (Å²) in [6.45, 7) is 0.207. The van der Waals surface area contributed by atoms with Crippen LogP contribution in [-0.4, -0.2) is 75.7 Å². The second-order valence-electron chi connectivity index (χ2n) is 9.06. The van der Waals surface area contributed by atoms with Gasteiger partial charge in [-0.1, -0.05) is 24.3 Å². The van der Waals surface area contributed by atoms with E-state index in [4.69, 9.17) is 10.8 Å². The number of anilines is 1. The van der Waals surface area contributed by atoms with Crippen molar-refractivity contribution in [3.05, 3.63) is 42.0 Å². The van der Waals surface area contributed by atoms with Crippen LogP contribution < -0.4 is 16.4 Å². The predicted octanol–water partition coefficient (Wildman–Crippen LogP) is 0.207. The second kappa shape index (κ2) is 10.6. The Morgan fingerprint density at radius 3 is 2.51 bits per heavy atom. The van der Waals surface area contributed by atoms with Gasteiger partial charge in [0.25, 0.3) is 11.8 Å². The number of carbonyl (C=O) groups is 6. The number of carboxylic acid groups (broad SMARTS) is 1. The fourth-order valence-corrected chi connectivity index (χ4v) is 4.70. The van der Waals surface area contributed by atoms with Crippen molar-refractivity contribution in [1.29, 1.82) is 0 Å². The van der Waals surface area contributed by atoms with Gasteiger partial charge in [0.2, 0.25) is 11.8 Å². The molecule has 0 bridgehead atoms. The lowest BCUT2D eigenvalue weighted by Crippen LogP contribution is -2.64. The Morgan fingerprint density at radius 2 is 1.84 bits per heavy atom. The maximum Gasteiger partial charge on any atom is 0.305 e. The largest absolute Gasteiger partial charge is 0.481 e. The number of nitrogens with one attached hydrogen (secondary N) is 2. The molecule has 0 saturated carbocycles. The highest BCUT2D eigenvalue weighted by atomic mass is 16.4. The number of fused-ring (bicyclic) bond motifs is 2. The average Bonchev–Trinajstić information content (AvgIpc) is 2.99. The molecule has 3 unspecified atom stereocenters. The van der Waals surface area contributed by atoms with Crippen LogP contribution in [0.25, 0.3) is 10.8 Å². The van der Waals surface area contributed by atoms with Gasteiger partial charge in [0.15, 0.2) is 0 Å². The summed E-state index contributed by atoms with van der Waals surface area (Å²) in [6.07, 6.45) is 0.281. The fourth-order valence-electron chi connectivity index (χ4n) is 4.70. The van der Waals surface area contributed by atoms with E-state index in [2.05, 4.69) is 10.6 Å². The van der Waals surface area contributed by atoms with E-state index in [1.165, 1.54) is 5.01 Å². The van der Waals surface area contributed by atoms with Crippen molar-refractivity contribution in [1.82, 2.24) is 20.7 Å². The minimum atomic E-state index is -1.29. The maximum atomic E-state index is 13.6. The van der Waals surface area contributed by atoms with Gasteiger partial charge in [-0.2, -0.15) is 0 Å². The van der Waals surface area contributed by atoms with Crippen LogP contribution in [0, 0.1) is 0 Å². The zero-order chi connectivity index (χ0) is 26.7. The molecule has 4 amide bonds. The Bertz CT molecular complexity index is 1280. The number of rotatable bonds is 7. The topological polar surface area (TPSA) is 179 Å². The quantitative estimate of drug-likeness (QED) is 0.302. The number of hydrazine groups is 1. The predicted molar refractivity (Wildman–Crippen MR) is 131 cm³/mol. The number of hydrogen-bond acceptors (Lipinski definition) is 7. The number of aldehydes is 1. The summed E-state index contributed by atoms with van der Waals surface area (Å²) in [5.74, 6) is -3.66. The lowest BCUT2D eigenvalue weighted by Gasteiger charge is -2.43. The zero-order valence-electron chi connectivity index (χ0n) is 19.9. The molecular formula is C25H27N5O7. The summed E-state index contributed by atoms with van der Waals surface area (Å²) in [7, 11) is 0. The van der Waals surface area contributed by atoms with Crippen molar-refractivity contribution in [2.24, 2.45) is 0 Å². The van der Waals surface area contributed by atoms with Gasteiger partial charge in [-0.05, 0) is 42.2 Å². The number of carbonyl (C=O) groups excluding carboxylic acids is 5. The van der Waals surface area contributed by atoms with Gasteiger partial charge in [0, 0.05) is 18.7 Å². The molecular weight excluding hydrogens is 482 g/mol. The number of benzene rings is 2. The normalized spacial score (nSPS) is 20.5. The van der Waals surface area contributed by atoms with E-state index < -0.39 is 48.2 Å². The SMILES string of the molecule is Nc1cc2ccccc2cc1C(=O)NC1CCC(=O)N2CCCC(C(=O)NC(C=O)CC(=O)O)N2C1=O. The summed E-state index contributed by atoms with van der Waals surface area (Å²) in [5.41, 5.74) is 6.50. The fraction of sp³-hybridized carbons (Fsp3) is 0.360. The minimum absolute atomic E-state index is 0.0220. The third-order valence-corrected chi connectivity index (χ3v) is 6.52. The Balaban J connectivity index is 1.57. The minimum Gasteiger partial charge on any atom is -0.481 e. The Kier molecular flexibility index (Phi) is 7.37. The molecule has 2 fully saturated rings. The van der Waals surface area contributed by atoms with E-state index >= 15 is 0 Å². The van der Waals surface area contributed by atoms with E-state index in [1.807, 2.05) is 24.3 Å². The number of hydrogen-bond donors (Lipinski definition) is 4. The van der Waals surface area contributed by atoms with Crippen molar-refractivity contribution in [3.8, 4) is 0 Å². The van der Waals surface area contributed by atoms with Crippen LogP contribution in [0.4, 0.5) is 5.69 Å². The molecule has 2 aliphatic heterocycles. The van der Waals surface area contributed by atoms with E-state index in [0.29, 0.717) is 12.7 Å². The van der Waals surface area contributed by atoms with Crippen molar-refractivity contribution in [2.45, 2.75) is 50.2 Å². The standard InChI is InChI=1S/C25H27N5O7/c26-18-11-15-5-2-1-4-14(15)10-17(18)23(35)28-19-7-8-21(32)29-9-3-6-20(30(29)25(19)37)24(36)27-16(13-31)12-22(33)34/h1-2,4-5,10-11,13,16,19-20H,3,6-9,12,26H2,(H,27,36)(H,28,35)(H,33,34). The van der Waals surface area contributed by atoms with Gasteiger partial charge in [-0.15, -0.1) is 0 Å². The van der Waals surface area contributed by atoms with E-state index in [0.717, 1.165) is 15.8 Å². The monoisotopic (exact) mass is 509 g/mol. The molecule has 12 heteroatoms. The lowest BCUT2D eigenvalue weighted by atomic mass is 10.0. The molecule has 12 nitrogen and oxygen atoms in total. The van der Waals surface area contributed by atoms with Gasteiger partial charge < -0.3 is 26.3 Å². The first-order valence-corrected chi connectivity index (χ1v) is 11.9. The Hall–Kier alpha value is -4.48. The molecule has 2 heterocycles. The highest BCUT2D eigenvalue weighted by Gasteiger charge is 2.45. The first kappa shape index (κ1) is 25.6. The van der Waals surface area contributed by atoms with Crippen LogP contribution in [0.5, 0.6) is 0 Å². The molecule has 2 aromatic rings. The zero-order valence-corrected chi connectivity index (χ0v) is 19.9. The van der Waals surface area contributed by atoms with Crippen LogP contribution in [0.15, 0.2) is 36.4 Å². The van der Waals surface area contributed by atoms with Crippen molar-refractivity contribution >= 4 is 52.3 Å². The highest BCUT2D eigenvalue weighted by Crippen LogP contribution is 2.26. The molecule has 2 aliphatic rings. The van der Waals surface area contributed by atoms with Gasteiger partial charge in [0.05, 0.1) is 18.0 Å². The van der Waals surface area contributed by atoms with Gasteiger partial charge >= 0.3 is 5.97 Å². The Labute approximate surface area is 211 Å². The van der Waals surface area contributed by atoms with Crippen LogP contribution in [-0.2, 0) is 24.0 Å². The number of nitrogen functional groups attached to an aromatic ring is 1. The number of amides is 4. The van der Waals surface area contributed by atoms with Crippen LogP contribution in [0.1, 0.15) is 42.5 Å². The number of nitrogens with zero attached hydrogens (tertiary/aromatic N) is 2. The summed E-state index contributed by atoms with van der Waals surface area (Å²) in [4.78, 5) is 74.8. The lowest BCUT2D eigenvalue weighted by molar-refractivity contribution is -0.176. The molecule has 37 heavy (non-hydrogen) atoms. The highest BCUT2D eigenvalue weighted by molar-refractivity contribution is 6.06. The van der Waals surface area contributed by atoms with Gasteiger partial charge in [-0.3, -0.25) is 29.0 Å². The summed E-state index contributed by atoms with van der Waals surface area (Å²) < 4.78 is 0. The molecule has 2 saturated heterocycles. The second-order valence-corrected chi connectivity index (χ2v) is 9.06. The first-order valence-electron chi connectivity index (χ1n) is 11.9. The third-order valence-electron chi connectivity index (χ3n) is 6.52. The number of nitrogens with two attached hydrogens (primary N) is 1. The van der Waals surface area contributed by atoms with Crippen molar-refractivity contribution in [2.75, 3.05) is 12.3 Å². The van der Waals surface area contributed by atoms with Crippen molar-refractivity contribution < 1.29 is 33.9 Å². The van der Waals surface area contributed by atoms with Gasteiger partial charge in [0.1, 0.15) is 18.4 Å². The molecule has 0 radical (unpaired) electrons. The summed E-state index contributed by atoms with van der Waals surface area (Å²) in [6, 6.07) is 7.09. The molecule has 4 rings (SSSR count). The van der Waals surface area contributed by atoms with Crippen LogP contribution in [0.3, 0.4) is 0 Å². The van der Waals surface area contributed by atoms with Gasteiger partial charge in [-0.25, -0.2) is 5.01 Å². The number of aliphatic carboxylic acids is 1. The smallest absolute Gasteiger partial charge is 0.305 e. The summed E-state index contributed by atoms with van der Waals surface area (Å²) >= 11 is 0. The molecule has 0 spiro atoms. The molecule has 194 valence electrons. The third kappa shape index (κ3) is 5.37. The maximum absolute atomic E-state index is 13.6. The van der Waals surface area contributed by atoms with Crippen LogP contribution in [0.2, 0.25) is 0 Å². The first-order chi connectivity index (χ1) is 17.7. The molecule has 5 N–H and O–H groups in total. The average molecular weight is 510 g/mol. The van der Waals surface area contributed by atoms with Crippen LogP contribution >= 0.6 is 0 Å². The molecule has 0 aromatic heterocycles. The van der Waals surface area contributed by atoms with E-state index in [1.54, 1.807) is 12.1 Å². The molecule has 3 atom stereocenters. The van der Waals surface area contributed by atoms with E-state index in [9.17, 15) is 28.8 Å².